The number of hydrogen-bond acceptors (Lipinski definition) is 4. The Balaban J connectivity index is 1.98. The van der Waals surface area contributed by atoms with Gasteiger partial charge in [-0.25, -0.2) is 4.98 Å². The Morgan fingerprint density at radius 1 is 1.28 bits per heavy atom. The molecule has 1 aromatic rings. The molecule has 0 saturated carbocycles. The predicted octanol–water partition coefficient (Wildman–Crippen LogP) is 0.562. The number of rotatable bonds is 3. The molecule has 1 aliphatic rings. The van der Waals surface area contributed by atoms with Crippen molar-refractivity contribution < 1.29 is 0 Å². The van der Waals surface area contributed by atoms with Gasteiger partial charge in [-0.1, -0.05) is 0 Å². The van der Waals surface area contributed by atoms with E-state index in [0.717, 1.165) is 38.5 Å². The SMILES string of the molecule is Cc1ncc(Br)c(=O)n1CCN1CCN(C)CC1. The average Bonchev–Trinajstić information content (AvgIpc) is 2.36. The number of halogens is 1. The van der Waals surface area contributed by atoms with Gasteiger partial charge in [0.15, 0.2) is 0 Å². The minimum Gasteiger partial charge on any atom is -0.304 e. The highest BCUT2D eigenvalue weighted by Gasteiger charge is 2.14. The largest absolute Gasteiger partial charge is 0.304 e. The zero-order valence-corrected chi connectivity index (χ0v) is 12.5. The lowest BCUT2D eigenvalue weighted by atomic mass is 10.3. The van der Waals surface area contributed by atoms with Crippen molar-refractivity contribution in [2.24, 2.45) is 0 Å². The van der Waals surface area contributed by atoms with Crippen LogP contribution in [0.1, 0.15) is 5.82 Å². The third-order valence-corrected chi connectivity index (χ3v) is 3.98. The van der Waals surface area contributed by atoms with Crippen LogP contribution in [-0.4, -0.2) is 59.1 Å². The van der Waals surface area contributed by atoms with Gasteiger partial charge in [-0.2, -0.15) is 0 Å². The molecule has 18 heavy (non-hydrogen) atoms. The number of likely N-dealkylation sites (N-methyl/N-ethyl adjacent to an activating group) is 1. The fourth-order valence-electron chi connectivity index (χ4n) is 2.13. The van der Waals surface area contributed by atoms with Gasteiger partial charge in [0, 0.05) is 45.5 Å². The molecule has 2 heterocycles. The van der Waals surface area contributed by atoms with Crippen LogP contribution in [-0.2, 0) is 6.54 Å². The molecule has 5 nitrogen and oxygen atoms in total. The van der Waals surface area contributed by atoms with Crippen molar-refractivity contribution in [3.8, 4) is 0 Å². The van der Waals surface area contributed by atoms with Gasteiger partial charge in [0.05, 0.1) is 0 Å². The quantitative estimate of drug-likeness (QED) is 0.817. The van der Waals surface area contributed by atoms with Gasteiger partial charge in [0.2, 0.25) is 0 Å². The summed E-state index contributed by atoms with van der Waals surface area (Å²) in [4.78, 5) is 20.9. The van der Waals surface area contributed by atoms with Crippen molar-refractivity contribution in [2.45, 2.75) is 13.5 Å². The molecule has 1 saturated heterocycles. The van der Waals surface area contributed by atoms with Gasteiger partial charge in [0.25, 0.3) is 5.56 Å². The van der Waals surface area contributed by atoms with Gasteiger partial charge < -0.3 is 4.90 Å². The van der Waals surface area contributed by atoms with Crippen molar-refractivity contribution >= 4 is 15.9 Å². The highest BCUT2D eigenvalue weighted by atomic mass is 79.9. The zero-order chi connectivity index (χ0) is 13.1. The van der Waals surface area contributed by atoms with Crippen LogP contribution in [0.4, 0.5) is 0 Å². The van der Waals surface area contributed by atoms with E-state index in [0.29, 0.717) is 11.0 Å². The summed E-state index contributed by atoms with van der Waals surface area (Å²) in [5.41, 5.74) is 0.0108. The molecule has 6 heteroatoms. The molecule has 2 rings (SSSR count). The second-order valence-corrected chi connectivity index (χ2v) is 5.61. The molecule has 0 aromatic carbocycles. The highest BCUT2D eigenvalue weighted by Crippen LogP contribution is 2.03. The van der Waals surface area contributed by atoms with Gasteiger partial charge in [-0.15, -0.1) is 0 Å². The van der Waals surface area contributed by atoms with Crippen LogP contribution in [0.25, 0.3) is 0 Å². The Hall–Kier alpha value is -0.720. The summed E-state index contributed by atoms with van der Waals surface area (Å²) < 4.78 is 2.27. The second kappa shape index (κ2) is 5.95. The van der Waals surface area contributed by atoms with Crippen molar-refractivity contribution in [1.29, 1.82) is 0 Å². The first-order valence-corrected chi connectivity index (χ1v) is 7.00. The molecule has 0 unspecified atom stereocenters. The van der Waals surface area contributed by atoms with E-state index < -0.39 is 0 Å². The molecule has 1 aromatic heterocycles. The fraction of sp³-hybridized carbons (Fsp3) is 0.667. The van der Waals surface area contributed by atoms with Crippen molar-refractivity contribution in [3.05, 3.63) is 26.8 Å². The monoisotopic (exact) mass is 314 g/mol. The molecule has 0 N–H and O–H groups in total. The first kappa shape index (κ1) is 13.7. The Bertz CT molecular complexity index is 466. The van der Waals surface area contributed by atoms with Crippen LogP contribution < -0.4 is 5.56 Å². The number of nitrogens with zero attached hydrogens (tertiary/aromatic N) is 4. The number of aromatic nitrogens is 2. The van der Waals surface area contributed by atoms with Crippen LogP contribution >= 0.6 is 15.9 Å². The normalized spacial score (nSPS) is 18.2. The van der Waals surface area contributed by atoms with E-state index in [2.05, 4.69) is 37.8 Å². The van der Waals surface area contributed by atoms with Crippen LogP contribution in [0.2, 0.25) is 0 Å². The molecule has 0 spiro atoms. The van der Waals surface area contributed by atoms with E-state index in [1.165, 1.54) is 0 Å². The van der Waals surface area contributed by atoms with Gasteiger partial charge in [0.1, 0.15) is 10.3 Å². The van der Waals surface area contributed by atoms with E-state index in [9.17, 15) is 4.79 Å². The van der Waals surface area contributed by atoms with Crippen LogP contribution in [0.5, 0.6) is 0 Å². The Labute approximate surface area is 116 Å². The maximum atomic E-state index is 12.0. The van der Waals surface area contributed by atoms with Crippen molar-refractivity contribution in [1.82, 2.24) is 19.4 Å². The number of hydrogen-bond donors (Lipinski definition) is 0. The summed E-state index contributed by atoms with van der Waals surface area (Å²) in [5.74, 6) is 0.775. The van der Waals surface area contributed by atoms with Gasteiger partial charge in [-0.3, -0.25) is 14.3 Å². The maximum absolute atomic E-state index is 12.0. The molecule has 1 aliphatic heterocycles. The molecule has 0 amide bonds. The van der Waals surface area contributed by atoms with E-state index in [1.807, 2.05) is 6.92 Å². The lowest BCUT2D eigenvalue weighted by molar-refractivity contribution is 0.149. The number of aryl methyl sites for hydroxylation is 1. The number of piperazine rings is 1. The summed E-state index contributed by atoms with van der Waals surface area (Å²) in [6, 6.07) is 0. The fourth-order valence-corrected chi connectivity index (χ4v) is 2.44. The molecule has 100 valence electrons. The summed E-state index contributed by atoms with van der Waals surface area (Å²) in [6.07, 6.45) is 1.57. The second-order valence-electron chi connectivity index (χ2n) is 4.76. The molecule has 0 radical (unpaired) electrons. The highest BCUT2D eigenvalue weighted by molar-refractivity contribution is 9.10. The molecule has 1 fully saturated rings. The molecule has 0 aliphatic carbocycles. The summed E-state index contributed by atoms with van der Waals surface area (Å²) >= 11 is 3.24. The zero-order valence-electron chi connectivity index (χ0n) is 10.9. The van der Waals surface area contributed by atoms with Gasteiger partial charge >= 0.3 is 0 Å². The topological polar surface area (TPSA) is 41.4 Å². The molecule has 0 bridgehead atoms. The maximum Gasteiger partial charge on any atom is 0.267 e. The Morgan fingerprint density at radius 2 is 1.94 bits per heavy atom. The third kappa shape index (κ3) is 3.18. The first-order chi connectivity index (χ1) is 8.58. The minimum atomic E-state index is 0.0108. The van der Waals surface area contributed by atoms with Crippen molar-refractivity contribution in [3.63, 3.8) is 0 Å². The lowest BCUT2D eigenvalue weighted by Crippen LogP contribution is -2.46. The average molecular weight is 315 g/mol. The lowest BCUT2D eigenvalue weighted by Gasteiger charge is -2.32. The molecule has 0 atom stereocenters. The summed E-state index contributed by atoms with van der Waals surface area (Å²) in [5, 5.41) is 0. The Morgan fingerprint density at radius 3 is 2.61 bits per heavy atom. The first-order valence-electron chi connectivity index (χ1n) is 6.21. The van der Waals surface area contributed by atoms with E-state index in [-0.39, 0.29) is 5.56 Å². The van der Waals surface area contributed by atoms with E-state index >= 15 is 0 Å². The minimum absolute atomic E-state index is 0.0108. The molecular formula is C12H19BrN4O. The predicted molar refractivity (Wildman–Crippen MR) is 74.9 cm³/mol. The molecular weight excluding hydrogens is 296 g/mol. The van der Waals surface area contributed by atoms with Crippen molar-refractivity contribution in [2.75, 3.05) is 39.8 Å². The van der Waals surface area contributed by atoms with Crippen LogP contribution in [0.15, 0.2) is 15.5 Å². The van der Waals surface area contributed by atoms with Crippen LogP contribution in [0.3, 0.4) is 0 Å². The van der Waals surface area contributed by atoms with Gasteiger partial charge in [-0.05, 0) is 29.9 Å². The Kier molecular flexibility index (Phi) is 4.53. The standard InChI is InChI=1S/C12H19BrN4O/c1-10-14-9-11(13)12(18)17(10)8-7-16-5-3-15(2)4-6-16/h9H,3-8H2,1-2H3. The summed E-state index contributed by atoms with van der Waals surface area (Å²) in [7, 11) is 2.14. The van der Waals surface area contributed by atoms with Crippen LogP contribution in [0, 0.1) is 6.92 Å². The van der Waals surface area contributed by atoms with E-state index in [1.54, 1.807) is 10.8 Å². The third-order valence-electron chi connectivity index (χ3n) is 3.44. The van der Waals surface area contributed by atoms with E-state index in [4.69, 9.17) is 0 Å². The smallest absolute Gasteiger partial charge is 0.267 e. The summed E-state index contributed by atoms with van der Waals surface area (Å²) in [6.45, 7) is 7.85.